The summed E-state index contributed by atoms with van der Waals surface area (Å²) in [7, 11) is 0. The number of carbonyl (C=O) groups is 1. The number of benzene rings is 3. The highest BCUT2D eigenvalue weighted by Gasteiger charge is 2.16. The molecule has 5 nitrogen and oxygen atoms in total. The molecular weight excluding hydrogens is 352 g/mol. The number of nitrogens with one attached hydrogen (secondary N) is 1. The molecule has 0 aliphatic carbocycles. The van der Waals surface area contributed by atoms with Gasteiger partial charge < -0.3 is 14.9 Å². The Hall–Kier alpha value is -3.86. The third-order valence-electron chi connectivity index (χ3n) is 4.36. The lowest BCUT2D eigenvalue weighted by molar-refractivity contribution is 0.0987. The van der Waals surface area contributed by atoms with E-state index in [4.69, 9.17) is 4.52 Å². The average molecular weight is 370 g/mol. The fraction of sp³-hybridized carbons (Fsp3) is 0.0435. The second kappa shape index (κ2) is 7.80. The van der Waals surface area contributed by atoms with Crippen molar-refractivity contribution in [3.8, 4) is 17.0 Å². The number of hydrogen-bond acceptors (Lipinski definition) is 4. The molecule has 138 valence electrons. The predicted molar refractivity (Wildman–Crippen MR) is 107 cm³/mol. The number of aromatic nitrogens is 1. The van der Waals surface area contributed by atoms with Crippen LogP contribution in [-0.4, -0.2) is 16.2 Å². The molecule has 0 fully saturated rings. The van der Waals surface area contributed by atoms with Crippen molar-refractivity contribution < 1.29 is 14.4 Å². The van der Waals surface area contributed by atoms with E-state index in [2.05, 4.69) is 10.5 Å². The Labute approximate surface area is 162 Å². The molecule has 0 unspecified atom stereocenters. The molecule has 28 heavy (non-hydrogen) atoms. The van der Waals surface area contributed by atoms with Crippen LogP contribution in [0.2, 0.25) is 0 Å². The lowest BCUT2D eigenvalue weighted by atomic mass is 10.0. The average Bonchev–Trinajstić information content (AvgIpc) is 3.22. The minimum atomic E-state index is -0.471. The molecule has 5 heteroatoms. The first-order valence-electron chi connectivity index (χ1n) is 8.88. The zero-order valence-electron chi connectivity index (χ0n) is 15.0. The molecular formula is C23H18N2O3. The lowest BCUT2D eigenvalue weighted by Crippen LogP contribution is -2.11. The summed E-state index contributed by atoms with van der Waals surface area (Å²) in [5.41, 5.74) is 3.89. The highest BCUT2D eigenvalue weighted by atomic mass is 16.5. The topological polar surface area (TPSA) is 75.4 Å². The quantitative estimate of drug-likeness (QED) is 0.491. The maximum absolute atomic E-state index is 12.5. The fourth-order valence-corrected chi connectivity index (χ4v) is 2.94. The Morgan fingerprint density at radius 2 is 1.61 bits per heavy atom. The first-order chi connectivity index (χ1) is 13.7. The predicted octanol–water partition coefficient (Wildman–Crippen LogP) is 4.89. The van der Waals surface area contributed by atoms with Gasteiger partial charge in [-0.3, -0.25) is 4.79 Å². The molecule has 4 aromatic rings. The standard InChI is InChI=1S/C23H18N2O3/c26-21-12-11-17(13-16-7-3-1-4-8-16)14-20(21)24-23(27)22-15-19(25-28-22)18-9-5-2-6-10-18/h1-12,14-15,26H,13H2,(H,24,27). The first kappa shape index (κ1) is 17.5. The molecule has 0 aliphatic heterocycles. The third-order valence-corrected chi connectivity index (χ3v) is 4.36. The van der Waals surface area contributed by atoms with Gasteiger partial charge in [0.2, 0.25) is 5.76 Å². The van der Waals surface area contributed by atoms with Crippen LogP contribution < -0.4 is 5.32 Å². The summed E-state index contributed by atoms with van der Waals surface area (Å²) in [5, 5.41) is 16.8. The van der Waals surface area contributed by atoms with Crippen LogP contribution in [0.3, 0.4) is 0 Å². The molecule has 0 radical (unpaired) electrons. The fourth-order valence-electron chi connectivity index (χ4n) is 2.94. The molecule has 2 N–H and O–H groups in total. The molecule has 0 saturated carbocycles. The van der Waals surface area contributed by atoms with Crippen molar-refractivity contribution in [1.29, 1.82) is 0 Å². The normalized spacial score (nSPS) is 10.6. The van der Waals surface area contributed by atoms with E-state index in [0.717, 1.165) is 16.7 Å². The third kappa shape index (κ3) is 3.94. The Morgan fingerprint density at radius 1 is 0.893 bits per heavy atom. The van der Waals surface area contributed by atoms with E-state index < -0.39 is 5.91 Å². The summed E-state index contributed by atoms with van der Waals surface area (Å²) in [5.74, 6) is -0.401. The maximum Gasteiger partial charge on any atom is 0.294 e. The number of phenols is 1. The summed E-state index contributed by atoms with van der Waals surface area (Å²) in [4.78, 5) is 12.5. The van der Waals surface area contributed by atoms with Crippen molar-refractivity contribution in [3.63, 3.8) is 0 Å². The molecule has 4 rings (SSSR count). The number of nitrogens with zero attached hydrogens (tertiary/aromatic N) is 1. The first-order valence-corrected chi connectivity index (χ1v) is 8.88. The Bertz CT molecular complexity index is 1090. The van der Waals surface area contributed by atoms with Gasteiger partial charge in [-0.05, 0) is 29.7 Å². The second-order valence-corrected chi connectivity index (χ2v) is 6.41. The van der Waals surface area contributed by atoms with Gasteiger partial charge in [-0.2, -0.15) is 0 Å². The van der Waals surface area contributed by atoms with Crippen molar-refractivity contribution in [2.45, 2.75) is 6.42 Å². The number of rotatable bonds is 5. The van der Waals surface area contributed by atoms with Crippen molar-refractivity contribution in [2.75, 3.05) is 5.32 Å². The molecule has 0 atom stereocenters. The molecule has 0 spiro atoms. The van der Waals surface area contributed by atoms with Crippen LogP contribution in [0.15, 0.2) is 89.5 Å². The largest absolute Gasteiger partial charge is 0.506 e. The van der Waals surface area contributed by atoms with E-state index in [1.165, 1.54) is 0 Å². The number of anilines is 1. The highest BCUT2D eigenvalue weighted by molar-refractivity contribution is 6.03. The van der Waals surface area contributed by atoms with Crippen LogP contribution in [0, 0.1) is 0 Å². The van der Waals surface area contributed by atoms with Crippen LogP contribution >= 0.6 is 0 Å². The van der Waals surface area contributed by atoms with Crippen molar-refractivity contribution in [1.82, 2.24) is 5.16 Å². The van der Waals surface area contributed by atoms with E-state index in [1.54, 1.807) is 18.2 Å². The number of carbonyl (C=O) groups excluding carboxylic acids is 1. The molecule has 3 aromatic carbocycles. The van der Waals surface area contributed by atoms with Crippen LogP contribution in [0.4, 0.5) is 5.69 Å². The van der Waals surface area contributed by atoms with Gasteiger partial charge in [0, 0.05) is 11.6 Å². The van der Waals surface area contributed by atoms with Gasteiger partial charge in [0.25, 0.3) is 5.91 Å². The van der Waals surface area contributed by atoms with Gasteiger partial charge in [-0.15, -0.1) is 0 Å². The van der Waals surface area contributed by atoms with Crippen molar-refractivity contribution in [3.05, 3.63) is 102 Å². The number of aromatic hydroxyl groups is 1. The number of phenolic OH excluding ortho intramolecular Hbond substituents is 1. The van der Waals surface area contributed by atoms with E-state index in [1.807, 2.05) is 66.7 Å². The van der Waals surface area contributed by atoms with Crippen LogP contribution in [0.5, 0.6) is 5.75 Å². The number of hydrogen-bond donors (Lipinski definition) is 2. The van der Waals surface area contributed by atoms with E-state index in [9.17, 15) is 9.90 Å². The number of amides is 1. The second-order valence-electron chi connectivity index (χ2n) is 6.41. The Morgan fingerprint density at radius 3 is 2.36 bits per heavy atom. The van der Waals surface area contributed by atoms with Gasteiger partial charge >= 0.3 is 0 Å². The van der Waals surface area contributed by atoms with Crippen molar-refractivity contribution >= 4 is 11.6 Å². The molecule has 1 aromatic heterocycles. The molecule has 1 amide bonds. The monoisotopic (exact) mass is 370 g/mol. The SMILES string of the molecule is O=C(Nc1cc(Cc2ccccc2)ccc1O)c1cc(-c2ccccc2)no1. The van der Waals surface area contributed by atoms with Gasteiger partial charge in [0.1, 0.15) is 11.4 Å². The smallest absolute Gasteiger partial charge is 0.294 e. The van der Waals surface area contributed by atoms with Gasteiger partial charge in [0.15, 0.2) is 0 Å². The summed E-state index contributed by atoms with van der Waals surface area (Å²) in [6.45, 7) is 0. The minimum Gasteiger partial charge on any atom is -0.506 e. The lowest BCUT2D eigenvalue weighted by Gasteiger charge is -2.09. The van der Waals surface area contributed by atoms with E-state index >= 15 is 0 Å². The van der Waals surface area contributed by atoms with E-state index in [-0.39, 0.29) is 11.5 Å². The Kier molecular flexibility index (Phi) is 4.89. The summed E-state index contributed by atoms with van der Waals surface area (Å²) in [6.07, 6.45) is 0.699. The van der Waals surface area contributed by atoms with Crippen LogP contribution in [-0.2, 0) is 6.42 Å². The van der Waals surface area contributed by atoms with Crippen LogP contribution in [0.1, 0.15) is 21.7 Å². The van der Waals surface area contributed by atoms with Gasteiger partial charge in [-0.25, -0.2) is 0 Å². The summed E-state index contributed by atoms with van der Waals surface area (Å²) in [6, 6.07) is 26.2. The van der Waals surface area contributed by atoms with Gasteiger partial charge in [0.05, 0.1) is 5.69 Å². The van der Waals surface area contributed by atoms with Crippen LogP contribution in [0.25, 0.3) is 11.3 Å². The Balaban J connectivity index is 1.51. The highest BCUT2D eigenvalue weighted by Crippen LogP contribution is 2.27. The molecule has 0 aliphatic rings. The molecule has 0 saturated heterocycles. The zero-order chi connectivity index (χ0) is 19.3. The maximum atomic E-state index is 12.5. The summed E-state index contributed by atoms with van der Waals surface area (Å²) < 4.78 is 5.18. The van der Waals surface area contributed by atoms with Gasteiger partial charge in [-0.1, -0.05) is 71.9 Å². The molecule has 1 heterocycles. The van der Waals surface area contributed by atoms with Crippen molar-refractivity contribution in [2.24, 2.45) is 0 Å². The minimum absolute atomic E-state index is 0.00652. The zero-order valence-corrected chi connectivity index (χ0v) is 15.0. The summed E-state index contributed by atoms with van der Waals surface area (Å²) >= 11 is 0. The molecule has 0 bridgehead atoms. The van der Waals surface area contributed by atoms with E-state index in [0.29, 0.717) is 17.8 Å².